The van der Waals surface area contributed by atoms with Crippen molar-refractivity contribution in [3.8, 4) is 0 Å². The van der Waals surface area contributed by atoms with Gasteiger partial charge in [-0.3, -0.25) is 9.69 Å². The largest absolute Gasteiger partial charge is 0.432 e. The van der Waals surface area contributed by atoms with Gasteiger partial charge in [-0.1, -0.05) is 0 Å². The van der Waals surface area contributed by atoms with Gasteiger partial charge in [0.1, 0.15) is 11.5 Å². The molecule has 1 amide bonds. The van der Waals surface area contributed by atoms with E-state index in [4.69, 9.17) is 4.74 Å². The number of nitrogens with zero attached hydrogens (tertiary/aromatic N) is 2. The van der Waals surface area contributed by atoms with Crippen LogP contribution in [-0.2, 0) is 32.1 Å². The first-order valence-electron chi connectivity index (χ1n) is 9.48. The first-order chi connectivity index (χ1) is 13.6. The SMILES string of the molecule is O=C(NC1CS(=O)(=O)C1)[C@H]1CN(Cc2ncc(C(F)(F)F)[nH]2)CC12CCOCC2. The molecule has 162 valence electrons. The van der Waals surface area contributed by atoms with Crippen LogP contribution in [0.5, 0.6) is 0 Å². The van der Waals surface area contributed by atoms with Crippen molar-refractivity contribution in [2.24, 2.45) is 11.3 Å². The molecular formula is C17H23F3N4O4S. The van der Waals surface area contributed by atoms with Gasteiger partial charge in [-0.2, -0.15) is 13.2 Å². The van der Waals surface area contributed by atoms with Gasteiger partial charge in [-0.15, -0.1) is 0 Å². The van der Waals surface area contributed by atoms with Gasteiger partial charge in [0.25, 0.3) is 0 Å². The third kappa shape index (κ3) is 4.29. The van der Waals surface area contributed by atoms with Crippen LogP contribution in [0.2, 0.25) is 0 Å². The second-order valence-corrected chi connectivity index (χ2v) is 10.4. The van der Waals surface area contributed by atoms with Gasteiger partial charge < -0.3 is 15.0 Å². The predicted octanol–water partition coefficient (Wildman–Crippen LogP) is 0.570. The number of halogens is 3. The van der Waals surface area contributed by atoms with Crippen molar-refractivity contribution in [1.29, 1.82) is 0 Å². The quantitative estimate of drug-likeness (QED) is 0.715. The molecule has 1 aromatic rings. The van der Waals surface area contributed by atoms with Crippen LogP contribution >= 0.6 is 0 Å². The minimum atomic E-state index is -4.48. The molecule has 3 aliphatic rings. The molecule has 0 unspecified atom stereocenters. The molecule has 0 saturated carbocycles. The van der Waals surface area contributed by atoms with Crippen LogP contribution in [0.15, 0.2) is 6.20 Å². The Labute approximate surface area is 166 Å². The Morgan fingerprint density at radius 1 is 1.34 bits per heavy atom. The Hall–Kier alpha value is -1.66. The molecule has 0 aliphatic carbocycles. The Morgan fingerprint density at radius 2 is 2.03 bits per heavy atom. The Balaban J connectivity index is 1.45. The Kier molecular flexibility index (Phi) is 5.14. The normalized spacial score (nSPS) is 27.1. The van der Waals surface area contributed by atoms with Crippen LogP contribution in [0, 0.1) is 11.3 Å². The summed E-state index contributed by atoms with van der Waals surface area (Å²) in [5, 5.41) is 2.84. The van der Waals surface area contributed by atoms with E-state index in [0.29, 0.717) is 39.1 Å². The van der Waals surface area contributed by atoms with Crippen LogP contribution in [0.25, 0.3) is 0 Å². The fourth-order valence-electron chi connectivity index (χ4n) is 4.59. The van der Waals surface area contributed by atoms with Crippen LogP contribution in [-0.4, -0.2) is 73.0 Å². The van der Waals surface area contributed by atoms with Gasteiger partial charge in [0.15, 0.2) is 9.84 Å². The van der Waals surface area contributed by atoms with Crippen LogP contribution < -0.4 is 5.32 Å². The summed E-state index contributed by atoms with van der Waals surface area (Å²) in [6.45, 7) is 2.16. The van der Waals surface area contributed by atoms with Crippen molar-refractivity contribution in [2.45, 2.75) is 31.6 Å². The molecule has 0 aromatic carbocycles. The predicted molar refractivity (Wildman–Crippen MR) is 95.4 cm³/mol. The number of aromatic amines is 1. The van der Waals surface area contributed by atoms with E-state index in [9.17, 15) is 26.4 Å². The molecule has 1 spiro atoms. The highest BCUT2D eigenvalue weighted by atomic mass is 32.2. The topological polar surface area (TPSA) is 104 Å². The van der Waals surface area contributed by atoms with Crippen molar-refractivity contribution in [3.63, 3.8) is 0 Å². The molecule has 3 saturated heterocycles. The van der Waals surface area contributed by atoms with E-state index >= 15 is 0 Å². The van der Waals surface area contributed by atoms with Gasteiger partial charge in [0.2, 0.25) is 5.91 Å². The second-order valence-electron chi connectivity index (χ2n) is 8.22. The number of alkyl halides is 3. The number of amides is 1. The highest BCUT2D eigenvalue weighted by molar-refractivity contribution is 7.92. The number of hydrogen-bond donors (Lipinski definition) is 2. The second kappa shape index (κ2) is 7.24. The molecule has 8 nitrogen and oxygen atoms in total. The van der Waals surface area contributed by atoms with Crippen molar-refractivity contribution < 1.29 is 31.1 Å². The summed E-state index contributed by atoms with van der Waals surface area (Å²) in [7, 11) is -3.04. The molecule has 1 atom stereocenters. The lowest BCUT2D eigenvalue weighted by Crippen LogP contribution is -2.56. The summed E-state index contributed by atoms with van der Waals surface area (Å²) in [6, 6.07) is -0.363. The number of H-pyrrole nitrogens is 1. The lowest BCUT2D eigenvalue weighted by molar-refractivity contribution is -0.141. The molecule has 2 N–H and O–H groups in total. The van der Waals surface area contributed by atoms with Crippen LogP contribution in [0.3, 0.4) is 0 Å². The summed E-state index contributed by atoms with van der Waals surface area (Å²) in [5.41, 5.74) is -1.22. The Bertz CT molecular complexity index is 867. The van der Waals surface area contributed by atoms with Crippen molar-refractivity contribution in [2.75, 3.05) is 37.8 Å². The average molecular weight is 436 g/mol. The third-order valence-corrected chi connectivity index (χ3v) is 7.91. The smallest absolute Gasteiger partial charge is 0.381 e. The molecule has 3 aliphatic heterocycles. The molecular weight excluding hydrogens is 413 g/mol. The minimum Gasteiger partial charge on any atom is -0.381 e. The third-order valence-electron chi connectivity index (χ3n) is 6.09. The van der Waals surface area contributed by atoms with E-state index < -0.39 is 21.7 Å². The summed E-state index contributed by atoms with van der Waals surface area (Å²) < 4.78 is 66.5. The maximum absolute atomic E-state index is 12.9. The summed E-state index contributed by atoms with van der Waals surface area (Å²) in [4.78, 5) is 21.0. The van der Waals surface area contributed by atoms with Crippen molar-refractivity contribution in [1.82, 2.24) is 20.2 Å². The monoisotopic (exact) mass is 436 g/mol. The standard InChI is InChI=1S/C17H23F3N4O4S/c18-17(19,20)13-5-21-14(23-13)7-24-6-12(16(10-24)1-3-28-4-2-16)15(25)22-11-8-29(26,27)9-11/h5,11-12H,1-4,6-10H2,(H,21,23)(H,22,25)/t12-/m1/s1. The number of hydrogen-bond acceptors (Lipinski definition) is 6. The molecule has 0 radical (unpaired) electrons. The van der Waals surface area contributed by atoms with Crippen molar-refractivity contribution in [3.05, 3.63) is 17.7 Å². The molecule has 4 heterocycles. The van der Waals surface area contributed by atoms with Gasteiger partial charge in [0, 0.05) is 31.7 Å². The van der Waals surface area contributed by atoms with E-state index in [1.54, 1.807) is 0 Å². The van der Waals surface area contributed by atoms with Gasteiger partial charge in [-0.05, 0) is 12.8 Å². The van der Waals surface area contributed by atoms with Crippen molar-refractivity contribution >= 4 is 15.7 Å². The Morgan fingerprint density at radius 3 is 2.62 bits per heavy atom. The van der Waals surface area contributed by atoms with Gasteiger partial charge in [-0.25, -0.2) is 13.4 Å². The minimum absolute atomic E-state index is 0.0438. The molecule has 29 heavy (non-hydrogen) atoms. The highest BCUT2D eigenvalue weighted by Gasteiger charge is 2.51. The maximum Gasteiger partial charge on any atom is 0.432 e. The molecule has 4 rings (SSSR count). The molecule has 0 bridgehead atoms. The lowest BCUT2D eigenvalue weighted by atomic mass is 9.71. The van der Waals surface area contributed by atoms with E-state index in [0.717, 1.165) is 6.20 Å². The fraction of sp³-hybridized carbons (Fsp3) is 0.765. The number of rotatable bonds is 4. The summed E-state index contributed by atoms with van der Waals surface area (Å²) >= 11 is 0. The number of imidazole rings is 1. The average Bonchev–Trinajstić information content (AvgIpc) is 3.19. The maximum atomic E-state index is 12.9. The highest BCUT2D eigenvalue weighted by Crippen LogP contribution is 2.45. The molecule has 1 aromatic heterocycles. The van der Waals surface area contributed by atoms with E-state index in [1.807, 2.05) is 4.90 Å². The lowest BCUT2D eigenvalue weighted by Gasteiger charge is -2.38. The summed E-state index contributed by atoms with van der Waals surface area (Å²) in [5.74, 6) is -0.447. The number of likely N-dealkylation sites (tertiary alicyclic amines) is 1. The number of sulfone groups is 1. The first-order valence-corrected chi connectivity index (χ1v) is 11.3. The zero-order valence-corrected chi connectivity index (χ0v) is 16.5. The number of ether oxygens (including phenoxy) is 1. The molecule has 12 heteroatoms. The fourth-order valence-corrected chi connectivity index (χ4v) is 5.88. The molecule has 3 fully saturated rings. The number of aromatic nitrogens is 2. The summed E-state index contributed by atoms with van der Waals surface area (Å²) in [6.07, 6.45) is -2.35. The zero-order chi connectivity index (χ0) is 20.9. The number of nitrogens with one attached hydrogen (secondary N) is 2. The van der Waals surface area contributed by atoms with E-state index in [2.05, 4.69) is 15.3 Å². The van der Waals surface area contributed by atoms with Crippen LogP contribution in [0.4, 0.5) is 13.2 Å². The van der Waals surface area contributed by atoms with Gasteiger partial charge in [0.05, 0.1) is 36.2 Å². The first kappa shape index (κ1) is 20.6. The van der Waals surface area contributed by atoms with Gasteiger partial charge >= 0.3 is 6.18 Å². The number of carbonyl (C=O) groups excluding carboxylic acids is 1. The van der Waals surface area contributed by atoms with Crippen LogP contribution in [0.1, 0.15) is 24.4 Å². The zero-order valence-electron chi connectivity index (χ0n) is 15.7. The van der Waals surface area contributed by atoms with E-state index in [1.165, 1.54) is 0 Å². The number of carbonyl (C=O) groups is 1. The van der Waals surface area contributed by atoms with E-state index in [-0.39, 0.29) is 47.2 Å².